The minimum Gasteiger partial charge on any atom is -0.860 e. The van der Waals surface area contributed by atoms with Gasteiger partial charge in [-0.25, -0.2) is 0 Å². The Morgan fingerprint density at radius 1 is 0.742 bits per heavy atom. The Morgan fingerprint density at radius 2 is 1.19 bits per heavy atom. The molecule has 31 heavy (non-hydrogen) atoms. The molecule has 1 aliphatic heterocycles. The highest BCUT2D eigenvalue weighted by Gasteiger charge is 2.47. The number of nitrogens with zero attached hydrogens (tertiary/aromatic N) is 4. The van der Waals surface area contributed by atoms with E-state index >= 15 is 0 Å². The Bertz CT molecular complexity index is 950. The molecular weight excluding hydrogens is 403 g/mol. The summed E-state index contributed by atoms with van der Waals surface area (Å²) >= 11 is 0. The molecule has 0 amide bonds. The summed E-state index contributed by atoms with van der Waals surface area (Å²) < 4.78 is 0. The number of allylic oxidation sites excluding steroid dienone is 1. The molecule has 4 rings (SSSR count). The van der Waals surface area contributed by atoms with Crippen molar-refractivity contribution in [2.24, 2.45) is 15.2 Å². The summed E-state index contributed by atoms with van der Waals surface area (Å²) in [5.74, 6) is -0.0216. The highest BCUT2D eigenvalue weighted by molar-refractivity contribution is 7.94. The summed E-state index contributed by atoms with van der Waals surface area (Å²) in [6.07, 6.45) is 5.04. The molecule has 0 spiro atoms. The van der Waals surface area contributed by atoms with Gasteiger partial charge in [0, 0.05) is 18.0 Å². The molecule has 3 aromatic carbocycles. The topological polar surface area (TPSA) is 63.4 Å². The van der Waals surface area contributed by atoms with Crippen LogP contribution in [0, 0.1) is 0 Å². The first-order valence-electron chi connectivity index (χ1n) is 10.4. The van der Waals surface area contributed by atoms with Crippen LogP contribution in [0.25, 0.3) is 0 Å². The summed E-state index contributed by atoms with van der Waals surface area (Å²) in [5.41, 5.74) is 0. The van der Waals surface area contributed by atoms with Crippen molar-refractivity contribution >= 4 is 29.5 Å². The fourth-order valence-electron chi connectivity index (χ4n) is 3.79. The van der Waals surface area contributed by atoms with Crippen LogP contribution in [0.1, 0.15) is 12.8 Å². The van der Waals surface area contributed by atoms with E-state index in [4.69, 9.17) is 4.88 Å². The molecule has 0 aromatic heterocycles. The molecular formula is C25H25N4OP. The molecule has 1 aliphatic rings. The first-order valence-corrected chi connectivity index (χ1v) is 12.2. The van der Waals surface area contributed by atoms with Gasteiger partial charge in [-0.2, -0.15) is 0 Å². The van der Waals surface area contributed by atoms with Gasteiger partial charge in [-0.05, 0) is 66.4 Å². The Morgan fingerprint density at radius 3 is 1.65 bits per heavy atom. The lowest BCUT2D eigenvalue weighted by atomic mass is 10.4. The van der Waals surface area contributed by atoms with Gasteiger partial charge in [-0.3, -0.25) is 0 Å². The lowest BCUT2D eigenvalue weighted by Crippen LogP contribution is -2.29. The number of hydrogen-bond acceptors (Lipinski definition) is 4. The van der Waals surface area contributed by atoms with Gasteiger partial charge in [0.25, 0.3) is 7.41 Å². The van der Waals surface area contributed by atoms with Crippen LogP contribution < -0.4 is 21.0 Å². The maximum Gasteiger partial charge on any atom is 0.255 e. The summed E-state index contributed by atoms with van der Waals surface area (Å²) in [5, 5.41) is 23.8. The van der Waals surface area contributed by atoms with Crippen LogP contribution in [-0.2, 0) is 0 Å². The molecule has 0 bridgehead atoms. The third-order valence-electron chi connectivity index (χ3n) is 5.32. The fourth-order valence-corrected chi connectivity index (χ4v) is 6.97. The predicted octanol–water partition coefficient (Wildman–Crippen LogP) is 3.63. The maximum atomic E-state index is 12.2. The van der Waals surface area contributed by atoms with Crippen molar-refractivity contribution in [2.45, 2.75) is 12.8 Å². The summed E-state index contributed by atoms with van der Waals surface area (Å²) in [7, 11) is -2.40. The van der Waals surface area contributed by atoms with E-state index in [1.807, 2.05) is 59.5 Å². The van der Waals surface area contributed by atoms with Crippen molar-refractivity contribution in [3.8, 4) is 0 Å². The Balaban J connectivity index is 1.74. The highest BCUT2D eigenvalue weighted by atomic mass is 31.2. The van der Waals surface area contributed by atoms with E-state index in [0.29, 0.717) is 0 Å². The Kier molecular flexibility index (Phi) is 6.85. The smallest absolute Gasteiger partial charge is 0.255 e. The lowest BCUT2D eigenvalue weighted by Gasteiger charge is -2.25. The SMILES string of the molecule is [O-]/C(=C/C=N/N=N/[P+](c1ccccc1)(c1ccccc1)c1ccccc1)N1CCCC1. The molecule has 0 saturated carbocycles. The van der Waals surface area contributed by atoms with Crippen molar-refractivity contribution in [3.63, 3.8) is 0 Å². The zero-order chi connectivity index (χ0) is 21.4. The number of rotatable bonds is 7. The minimum atomic E-state index is -2.40. The molecule has 6 heteroatoms. The molecule has 1 saturated heterocycles. The van der Waals surface area contributed by atoms with Gasteiger partial charge in [-0.15, -0.1) is 5.10 Å². The van der Waals surface area contributed by atoms with Gasteiger partial charge in [-0.1, -0.05) is 54.6 Å². The summed E-state index contributed by atoms with van der Waals surface area (Å²) in [6, 6.07) is 30.7. The van der Waals surface area contributed by atoms with E-state index in [1.54, 1.807) is 0 Å². The maximum absolute atomic E-state index is 12.2. The molecule has 0 atom stereocenters. The van der Waals surface area contributed by atoms with Gasteiger partial charge >= 0.3 is 0 Å². The monoisotopic (exact) mass is 428 g/mol. The quantitative estimate of drug-likeness (QED) is 0.190. The Labute approximate surface area is 183 Å². The first kappa shape index (κ1) is 21.0. The molecule has 0 unspecified atom stereocenters. The van der Waals surface area contributed by atoms with Gasteiger partial charge in [0.05, 0.1) is 6.21 Å². The fraction of sp³-hybridized carbons (Fsp3) is 0.160. The molecule has 156 valence electrons. The average Bonchev–Trinajstić information content (AvgIpc) is 3.38. The third kappa shape index (κ3) is 4.73. The van der Waals surface area contributed by atoms with Crippen LogP contribution >= 0.6 is 7.41 Å². The van der Waals surface area contributed by atoms with Crippen LogP contribution in [-0.4, -0.2) is 24.2 Å². The molecule has 5 nitrogen and oxygen atoms in total. The zero-order valence-electron chi connectivity index (χ0n) is 17.3. The van der Waals surface area contributed by atoms with Crippen LogP contribution in [0.4, 0.5) is 0 Å². The van der Waals surface area contributed by atoms with Gasteiger partial charge in [0.2, 0.25) is 0 Å². The van der Waals surface area contributed by atoms with E-state index in [0.717, 1.165) is 41.8 Å². The highest BCUT2D eigenvalue weighted by Crippen LogP contribution is 2.57. The second-order valence-electron chi connectivity index (χ2n) is 7.28. The summed E-state index contributed by atoms with van der Waals surface area (Å²) in [4.78, 5) is 6.69. The second-order valence-corrected chi connectivity index (χ2v) is 10.3. The molecule has 0 radical (unpaired) electrons. The number of hydrogen-bond donors (Lipinski definition) is 0. The third-order valence-corrected chi connectivity index (χ3v) is 8.80. The van der Waals surface area contributed by atoms with E-state index < -0.39 is 7.41 Å². The van der Waals surface area contributed by atoms with Gasteiger partial charge in [0.1, 0.15) is 15.9 Å². The van der Waals surface area contributed by atoms with E-state index in [2.05, 4.69) is 46.7 Å². The van der Waals surface area contributed by atoms with Crippen LogP contribution in [0.5, 0.6) is 0 Å². The van der Waals surface area contributed by atoms with Gasteiger partial charge < -0.3 is 10.0 Å². The normalized spacial score (nSPS) is 15.2. The van der Waals surface area contributed by atoms with Crippen molar-refractivity contribution < 1.29 is 5.11 Å². The molecule has 1 fully saturated rings. The van der Waals surface area contributed by atoms with Crippen LogP contribution in [0.2, 0.25) is 0 Å². The molecule has 0 N–H and O–H groups in total. The standard InChI is InChI=1S/C25H25N4OP/c30-25(29-20-10-11-21-29)18-19-26-27-28-31(22-12-4-1-5-13-22,23-14-6-2-7-15-23)24-16-8-3-9-17-24/h1-9,12-19H,10-11,20-21H2. The molecule has 1 heterocycles. The van der Waals surface area contributed by atoms with Crippen LogP contribution in [0.15, 0.2) is 118 Å². The lowest BCUT2D eigenvalue weighted by molar-refractivity contribution is -0.330. The van der Waals surface area contributed by atoms with E-state index in [-0.39, 0.29) is 5.88 Å². The average molecular weight is 428 g/mol. The largest absolute Gasteiger partial charge is 0.860 e. The molecule has 0 aliphatic carbocycles. The number of likely N-dealkylation sites (tertiary alicyclic amines) is 1. The van der Waals surface area contributed by atoms with Crippen molar-refractivity contribution in [2.75, 3.05) is 13.1 Å². The molecule has 3 aromatic rings. The second kappa shape index (κ2) is 10.1. The van der Waals surface area contributed by atoms with Crippen molar-refractivity contribution in [1.29, 1.82) is 0 Å². The Hall–Kier alpha value is -3.30. The van der Waals surface area contributed by atoms with E-state index in [9.17, 15) is 5.11 Å². The first-order chi connectivity index (χ1) is 15.3. The predicted molar refractivity (Wildman–Crippen MR) is 127 cm³/mol. The minimum absolute atomic E-state index is 0.0216. The zero-order valence-corrected chi connectivity index (χ0v) is 18.2. The van der Waals surface area contributed by atoms with Crippen LogP contribution in [0.3, 0.4) is 0 Å². The van der Waals surface area contributed by atoms with Crippen molar-refractivity contribution in [1.82, 2.24) is 4.90 Å². The van der Waals surface area contributed by atoms with Crippen molar-refractivity contribution in [3.05, 3.63) is 103 Å². The summed E-state index contributed by atoms with van der Waals surface area (Å²) in [6.45, 7) is 1.63. The number of benzene rings is 3. The van der Waals surface area contributed by atoms with E-state index in [1.165, 1.54) is 12.3 Å². The van der Waals surface area contributed by atoms with Gasteiger partial charge in [0.15, 0.2) is 0 Å².